The topological polar surface area (TPSA) is 124 Å². The zero-order valence-corrected chi connectivity index (χ0v) is 13.7. The molecule has 0 aliphatic rings. The minimum atomic E-state index is -0.586. The van der Waals surface area contributed by atoms with Crippen molar-refractivity contribution in [2.24, 2.45) is 12.8 Å². The highest BCUT2D eigenvalue weighted by molar-refractivity contribution is 5.97. The van der Waals surface area contributed by atoms with Crippen LogP contribution in [0, 0.1) is 0 Å². The molecular formula is C16H18N8O. The molecule has 0 fully saturated rings. The molecule has 25 heavy (non-hydrogen) atoms. The van der Waals surface area contributed by atoms with Gasteiger partial charge in [-0.15, -0.1) is 0 Å². The molecule has 128 valence electrons. The van der Waals surface area contributed by atoms with E-state index in [2.05, 4.69) is 30.7 Å². The van der Waals surface area contributed by atoms with Crippen molar-refractivity contribution in [2.75, 3.05) is 17.2 Å². The molecule has 0 aromatic carbocycles. The largest absolute Gasteiger partial charge is 0.369 e. The number of carbonyl (C=O) groups excluding carboxylic acids is 1. The molecule has 9 heteroatoms. The fourth-order valence-corrected chi connectivity index (χ4v) is 2.24. The lowest BCUT2D eigenvalue weighted by atomic mass is 10.2. The lowest BCUT2D eigenvalue weighted by Gasteiger charge is -2.10. The minimum Gasteiger partial charge on any atom is -0.369 e. The molecule has 0 bridgehead atoms. The molecule has 4 N–H and O–H groups in total. The van der Waals surface area contributed by atoms with Crippen molar-refractivity contribution in [3.63, 3.8) is 0 Å². The molecule has 0 aliphatic carbocycles. The van der Waals surface area contributed by atoms with Gasteiger partial charge in [0.2, 0.25) is 5.95 Å². The Balaban J connectivity index is 1.73. The fraction of sp³-hybridized carbons (Fsp3) is 0.188. The van der Waals surface area contributed by atoms with Gasteiger partial charge < -0.3 is 16.4 Å². The standard InChI is InChI=1S/C16H18N8O/c1-24-10-12(8-21-24)22-16-20-9-13(14(17)25)15(23-16)19-6-4-11-3-2-5-18-7-11/h2-3,5,7-10H,4,6H2,1H3,(H2,17,25)(H2,19,20,22,23). The maximum atomic E-state index is 11.6. The first-order valence-electron chi connectivity index (χ1n) is 7.67. The predicted molar refractivity (Wildman–Crippen MR) is 93.5 cm³/mol. The van der Waals surface area contributed by atoms with E-state index in [1.54, 1.807) is 29.5 Å². The van der Waals surface area contributed by atoms with E-state index in [9.17, 15) is 4.79 Å². The Kier molecular flexibility index (Phi) is 4.84. The van der Waals surface area contributed by atoms with Crippen LogP contribution >= 0.6 is 0 Å². The number of pyridine rings is 1. The number of carbonyl (C=O) groups is 1. The summed E-state index contributed by atoms with van der Waals surface area (Å²) >= 11 is 0. The molecule has 0 radical (unpaired) electrons. The quantitative estimate of drug-likeness (QED) is 0.589. The number of anilines is 3. The smallest absolute Gasteiger partial charge is 0.254 e. The van der Waals surface area contributed by atoms with E-state index in [1.165, 1.54) is 6.20 Å². The molecule has 1 amide bonds. The summed E-state index contributed by atoms with van der Waals surface area (Å²) in [5.41, 5.74) is 7.47. The van der Waals surface area contributed by atoms with Crippen molar-refractivity contribution in [1.29, 1.82) is 0 Å². The van der Waals surface area contributed by atoms with Crippen LogP contribution in [0.2, 0.25) is 0 Å². The predicted octanol–water partition coefficient (Wildman–Crippen LogP) is 1.10. The Morgan fingerprint density at radius 2 is 2.20 bits per heavy atom. The van der Waals surface area contributed by atoms with Crippen LogP contribution in [0.5, 0.6) is 0 Å². The van der Waals surface area contributed by atoms with Crippen LogP contribution in [0.3, 0.4) is 0 Å². The van der Waals surface area contributed by atoms with Crippen molar-refractivity contribution in [1.82, 2.24) is 24.7 Å². The third kappa shape index (κ3) is 4.28. The van der Waals surface area contributed by atoms with Crippen molar-refractivity contribution >= 4 is 23.4 Å². The van der Waals surface area contributed by atoms with Crippen molar-refractivity contribution in [3.8, 4) is 0 Å². The maximum Gasteiger partial charge on any atom is 0.254 e. The van der Waals surface area contributed by atoms with Gasteiger partial charge in [-0.1, -0.05) is 6.07 Å². The fourth-order valence-electron chi connectivity index (χ4n) is 2.24. The van der Waals surface area contributed by atoms with Gasteiger partial charge in [0, 0.05) is 38.4 Å². The van der Waals surface area contributed by atoms with E-state index in [4.69, 9.17) is 5.73 Å². The number of amides is 1. The molecule has 0 unspecified atom stereocenters. The lowest BCUT2D eigenvalue weighted by Crippen LogP contribution is -2.18. The highest BCUT2D eigenvalue weighted by Gasteiger charge is 2.12. The van der Waals surface area contributed by atoms with Crippen LogP contribution in [-0.4, -0.2) is 37.2 Å². The summed E-state index contributed by atoms with van der Waals surface area (Å²) in [5.74, 6) is 0.150. The molecule has 0 saturated carbocycles. The molecule has 3 aromatic rings. The van der Waals surface area contributed by atoms with Gasteiger partial charge in [0.15, 0.2) is 0 Å². The van der Waals surface area contributed by atoms with Gasteiger partial charge in [0.05, 0.1) is 17.4 Å². The van der Waals surface area contributed by atoms with E-state index < -0.39 is 5.91 Å². The number of aryl methyl sites for hydroxylation is 1. The zero-order chi connectivity index (χ0) is 17.6. The van der Waals surface area contributed by atoms with Gasteiger partial charge in [-0.3, -0.25) is 14.5 Å². The summed E-state index contributed by atoms with van der Waals surface area (Å²) in [5, 5.41) is 10.2. The van der Waals surface area contributed by atoms with Crippen LogP contribution in [0.1, 0.15) is 15.9 Å². The second kappa shape index (κ2) is 7.39. The average molecular weight is 338 g/mol. The number of rotatable bonds is 7. The molecule has 0 atom stereocenters. The molecular weight excluding hydrogens is 320 g/mol. The van der Waals surface area contributed by atoms with Crippen molar-refractivity contribution < 1.29 is 4.79 Å². The summed E-state index contributed by atoms with van der Waals surface area (Å²) in [4.78, 5) is 24.1. The van der Waals surface area contributed by atoms with Gasteiger partial charge >= 0.3 is 0 Å². The lowest BCUT2D eigenvalue weighted by molar-refractivity contribution is 0.100. The van der Waals surface area contributed by atoms with Crippen molar-refractivity contribution in [2.45, 2.75) is 6.42 Å². The first-order valence-corrected chi connectivity index (χ1v) is 7.67. The minimum absolute atomic E-state index is 0.239. The second-order valence-corrected chi connectivity index (χ2v) is 5.39. The summed E-state index contributed by atoms with van der Waals surface area (Å²) in [6.45, 7) is 0.579. The number of hydrogen-bond donors (Lipinski definition) is 3. The number of nitrogens with zero attached hydrogens (tertiary/aromatic N) is 5. The van der Waals surface area contributed by atoms with E-state index in [1.807, 2.05) is 19.2 Å². The molecule has 3 aromatic heterocycles. The van der Waals surface area contributed by atoms with Crippen LogP contribution in [0.15, 0.2) is 43.1 Å². The van der Waals surface area contributed by atoms with E-state index in [-0.39, 0.29) is 5.56 Å². The Morgan fingerprint density at radius 1 is 1.32 bits per heavy atom. The summed E-state index contributed by atoms with van der Waals surface area (Å²) in [6.07, 6.45) is 9.11. The molecule has 0 saturated heterocycles. The third-order valence-corrected chi connectivity index (χ3v) is 3.44. The Morgan fingerprint density at radius 3 is 2.88 bits per heavy atom. The highest BCUT2D eigenvalue weighted by atomic mass is 16.1. The monoisotopic (exact) mass is 338 g/mol. The second-order valence-electron chi connectivity index (χ2n) is 5.39. The van der Waals surface area contributed by atoms with Gasteiger partial charge in [-0.25, -0.2) is 4.98 Å². The van der Waals surface area contributed by atoms with Crippen LogP contribution in [0.4, 0.5) is 17.5 Å². The first-order chi connectivity index (χ1) is 12.1. The first kappa shape index (κ1) is 16.4. The van der Waals surface area contributed by atoms with Crippen molar-refractivity contribution in [3.05, 3.63) is 54.2 Å². The van der Waals surface area contributed by atoms with Crippen LogP contribution in [0.25, 0.3) is 0 Å². The highest BCUT2D eigenvalue weighted by Crippen LogP contribution is 2.17. The summed E-state index contributed by atoms with van der Waals surface area (Å²) in [6, 6.07) is 3.86. The Hall–Kier alpha value is -3.49. The zero-order valence-electron chi connectivity index (χ0n) is 13.7. The molecule has 9 nitrogen and oxygen atoms in total. The molecule has 3 heterocycles. The normalized spacial score (nSPS) is 10.4. The van der Waals surface area contributed by atoms with E-state index >= 15 is 0 Å². The summed E-state index contributed by atoms with van der Waals surface area (Å²) in [7, 11) is 1.81. The van der Waals surface area contributed by atoms with E-state index in [0.29, 0.717) is 18.3 Å². The molecule has 3 rings (SSSR count). The number of nitrogens with one attached hydrogen (secondary N) is 2. The van der Waals surface area contributed by atoms with Gasteiger partial charge in [0.1, 0.15) is 5.82 Å². The SMILES string of the molecule is Cn1cc(Nc2ncc(C(N)=O)c(NCCc3cccnc3)n2)cn1. The van der Waals surface area contributed by atoms with E-state index in [0.717, 1.165) is 17.7 Å². The van der Waals surface area contributed by atoms with Gasteiger partial charge in [-0.2, -0.15) is 10.1 Å². The van der Waals surface area contributed by atoms with Gasteiger partial charge in [0.25, 0.3) is 5.91 Å². The number of primary amides is 1. The van der Waals surface area contributed by atoms with Gasteiger partial charge in [-0.05, 0) is 18.1 Å². The third-order valence-electron chi connectivity index (χ3n) is 3.44. The average Bonchev–Trinajstić information content (AvgIpc) is 3.01. The van der Waals surface area contributed by atoms with Crippen LogP contribution < -0.4 is 16.4 Å². The number of nitrogens with two attached hydrogens (primary N) is 1. The van der Waals surface area contributed by atoms with Crippen LogP contribution in [-0.2, 0) is 13.5 Å². The molecule has 0 aliphatic heterocycles. The number of aromatic nitrogens is 5. The summed E-state index contributed by atoms with van der Waals surface area (Å²) < 4.78 is 1.66. The maximum absolute atomic E-state index is 11.6. The Labute approximate surface area is 144 Å². The Bertz CT molecular complexity index is 862. The molecule has 0 spiro atoms. The number of hydrogen-bond acceptors (Lipinski definition) is 7.